The number of hydrogen-bond donors (Lipinski definition) is 1. The minimum atomic E-state index is 0.537. The fourth-order valence-corrected chi connectivity index (χ4v) is 2.55. The first-order valence-corrected chi connectivity index (χ1v) is 6.44. The van der Waals surface area contributed by atoms with E-state index in [1.165, 1.54) is 19.3 Å². The molecule has 0 aromatic carbocycles. The molecule has 0 radical (unpaired) electrons. The highest BCUT2D eigenvalue weighted by atomic mass is 15.3. The van der Waals surface area contributed by atoms with Crippen LogP contribution in [0.1, 0.15) is 30.7 Å². The number of rotatable bonds is 3. The second-order valence-corrected chi connectivity index (χ2v) is 4.85. The number of hydrogen-bond acceptors (Lipinski definition) is 4. The van der Waals surface area contributed by atoms with Crippen LogP contribution in [0.3, 0.4) is 0 Å². The van der Waals surface area contributed by atoms with E-state index in [0.717, 1.165) is 30.4 Å². The van der Waals surface area contributed by atoms with Gasteiger partial charge in [-0.3, -0.25) is 0 Å². The third kappa shape index (κ3) is 2.94. The highest BCUT2D eigenvalue weighted by molar-refractivity contribution is 5.34. The van der Waals surface area contributed by atoms with E-state index in [1.807, 2.05) is 27.0 Å². The van der Waals surface area contributed by atoms with Crippen molar-refractivity contribution in [2.24, 2.45) is 0 Å². The average molecular weight is 234 g/mol. The first-order valence-electron chi connectivity index (χ1n) is 6.44. The number of aromatic nitrogens is 2. The van der Waals surface area contributed by atoms with E-state index in [0.29, 0.717) is 6.04 Å². The van der Waals surface area contributed by atoms with Gasteiger partial charge in [0.05, 0.1) is 0 Å². The molecule has 17 heavy (non-hydrogen) atoms. The summed E-state index contributed by atoms with van der Waals surface area (Å²) in [5.41, 5.74) is 2.11. The quantitative estimate of drug-likeness (QED) is 0.864. The summed E-state index contributed by atoms with van der Waals surface area (Å²) in [5, 5.41) is 3.27. The van der Waals surface area contributed by atoms with Gasteiger partial charge in [-0.2, -0.15) is 0 Å². The zero-order chi connectivity index (χ0) is 12.3. The molecule has 1 aromatic heterocycles. The molecule has 2 heterocycles. The van der Waals surface area contributed by atoms with Crippen LogP contribution in [-0.2, 0) is 0 Å². The van der Waals surface area contributed by atoms with Gasteiger partial charge in [0.2, 0.25) is 5.95 Å². The van der Waals surface area contributed by atoms with Gasteiger partial charge in [0, 0.05) is 30.5 Å². The minimum Gasteiger partial charge on any atom is -0.337 e. The number of nitrogens with one attached hydrogen (secondary N) is 1. The fourth-order valence-electron chi connectivity index (χ4n) is 2.55. The van der Waals surface area contributed by atoms with E-state index >= 15 is 0 Å². The largest absolute Gasteiger partial charge is 0.337 e. The second-order valence-electron chi connectivity index (χ2n) is 4.85. The molecule has 1 unspecified atom stereocenters. The molecule has 94 valence electrons. The molecule has 0 bridgehead atoms. The van der Waals surface area contributed by atoms with Crippen molar-refractivity contribution in [1.82, 2.24) is 15.3 Å². The van der Waals surface area contributed by atoms with Gasteiger partial charge in [-0.1, -0.05) is 0 Å². The van der Waals surface area contributed by atoms with E-state index < -0.39 is 0 Å². The van der Waals surface area contributed by atoms with Crippen molar-refractivity contribution in [3.05, 3.63) is 17.5 Å². The molecule has 0 spiro atoms. The lowest BCUT2D eigenvalue weighted by Gasteiger charge is -2.35. The summed E-state index contributed by atoms with van der Waals surface area (Å²) >= 11 is 0. The summed E-state index contributed by atoms with van der Waals surface area (Å²) in [6.07, 6.45) is 3.79. The summed E-state index contributed by atoms with van der Waals surface area (Å²) in [7, 11) is 2.01. The Morgan fingerprint density at radius 2 is 2.00 bits per heavy atom. The average Bonchev–Trinajstić information content (AvgIpc) is 2.29. The number of aryl methyl sites for hydroxylation is 2. The van der Waals surface area contributed by atoms with E-state index in [4.69, 9.17) is 0 Å². The number of nitrogens with zero attached hydrogens (tertiary/aromatic N) is 3. The van der Waals surface area contributed by atoms with Gasteiger partial charge in [-0.05, 0) is 46.2 Å². The van der Waals surface area contributed by atoms with Crippen molar-refractivity contribution in [3.63, 3.8) is 0 Å². The first kappa shape index (κ1) is 12.3. The third-order valence-electron chi connectivity index (χ3n) is 3.29. The van der Waals surface area contributed by atoms with Gasteiger partial charge >= 0.3 is 0 Å². The summed E-state index contributed by atoms with van der Waals surface area (Å²) in [4.78, 5) is 11.5. The van der Waals surface area contributed by atoms with Crippen molar-refractivity contribution in [2.75, 3.05) is 25.0 Å². The molecule has 1 N–H and O–H groups in total. The zero-order valence-corrected chi connectivity index (χ0v) is 11.0. The van der Waals surface area contributed by atoms with Crippen molar-refractivity contribution >= 4 is 5.95 Å². The Balaban J connectivity index is 2.22. The predicted octanol–water partition coefficient (Wildman–Crippen LogP) is 1.67. The lowest BCUT2D eigenvalue weighted by atomic mass is 10.0. The van der Waals surface area contributed by atoms with Crippen LogP contribution < -0.4 is 10.2 Å². The smallest absolute Gasteiger partial charge is 0.226 e. The summed E-state index contributed by atoms with van der Waals surface area (Å²) < 4.78 is 0. The van der Waals surface area contributed by atoms with E-state index in [9.17, 15) is 0 Å². The van der Waals surface area contributed by atoms with Crippen LogP contribution in [0, 0.1) is 13.8 Å². The topological polar surface area (TPSA) is 41.0 Å². The predicted molar refractivity (Wildman–Crippen MR) is 70.4 cm³/mol. The Hall–Kier alpha value is -1.16. The van der Waals surface area contributed by atoms with Gasteiger partial charge in [0.25, 0.3) is 0 Å². The Morgan fingerprint density at radius 1 is 1.29 bits per heavy atom. The second kappa shape index (κ2) is 5.45. The zero-order valence-electron chi connectivity index (χ0n) is 11.0. The third-order valence-corrected chi connectivity index (χ3v) is 3.29. The maximum absolute atomic E-state index is 4.58. The highest BCUT2D eigenvalue weighted by Gasteiger charge is 2.24. The molecular weight excluding hydrogens is 212 g/mol. The van der Waals surface area contributed by atoms with Crippen molar-refractivity contribution in [2.45, 2.75) is 39.2 Å². The molecule has 1 aliphatic heterocycles. The fraction of sp³-hybridized carbons (Fsp3) is 0.692. The first-order chi connectivity index (χ1) is 8.20. The molecule has 0 amide bonds. The van der Waals surface area contributed by atoms with E-state index in [2.05, 4.69) is 20.2 Å². The summed E-state index contributed by atoms with van der Waals surface area (Å²) in [5.74, 6) is 0.905. The Labute approximate surface area is 103 Å². The van der Waals surface area contributed by atoms with Crippen molar-refractivity contribution in [3.8, 4) is 0 Å². The van der Waals surface area contributed by atoms with Crippen molar-refractivity contribution in [1.29, 1.82) is 0 Å². The molecule has 0 aliphatic carbocycles. The standard InChI is InChI=1S/C13H22N4/c1-10-8-11(2)16-13(15-10)17-7-5-4-6-12(17)9-14-3/h8,12,14H,4-7,9H2,1-3H3. The normalized spacial score (nSPS) is 20.6. The molecule has 1 aromatic rings. The van der Waals surface area contributed by atoms with Gasteiger partial charge in [-0.15, -0.1) is 0 Å². The van der Waals surface area contributed by atoms with E-state index in [1.54, 1.807) is 0 Å². The monoisotopic (exact) mass is 234 g/mol. The summed E-state index contributed by atoms with van der Waals surface area (Å²) in [6.45, 7) is 6.16. The molecule has 4 nitrogen and oxygen atoms in total. The Bertz CT molecular complexity index is 355. The molecule has 1 atom stereocenters. The molecule has 2 rings (SSSR count). The van der Waals surface area contributed by atoms with Gasteiger partial charge in [0.1, 0.15) is 0 Å². The van der Waals surface area contributed by atoms with Gasteiger partial charge < -0.3 is 10.2 Å². The SMILES string of the molecule is CNCC1CCCCN1c1nc(C)cc(C)n1. The van der Waals surface area contributed by atoms with Crippen LogP contribution in [0.5, 0.6) is 0 Å². The minimum absolute atomic E-state index is 0.537. The molecule has 1 aliphatic rings. The van der Waals surface area contributed by atoms with Crippen LogP contribution in [0.15, 0.2) is 6.07 Å². The van der Waals surface area contributed by atoms with Gasteiger partial charge in [0.15, 0.2) is 0 Å². The van der Waals surface area contributed by atoms with Crippen LogP contribution in [-0.4, -0.2) is 36.1 Å². The maximum atomic E-state index is 4.58. The lowest BCUT2D eigenvalue weighted by Crippen LogP contribution is -2.45. The lowest BCUT2D eigenvalue weighted by molar-refractivity contribution is 0.439. The van der Waals surface area contributed by atoms with Gasteiger partial charge in [-0.25, -0.2) is 9.97 Å². The van der Waals surface area contributed by atoms with Crippen LogP contribution in [0.25, 0.3) is 0 Å². The van der Waals surface area contributed by atoms with Crippen LogP contribution >= 0.6 is 0 Å². The number of piperidine rings is 1. The van der Waals surface area contributed by atoms with Crippen LogP contribution in [0.2, 0.25) is 0 Å². The van der Waals surface area contributed by atoms with E-state index in [-0.39, 0.29) is 0 Å². The Morgan fingerprint density at radius 3 is 2.65 bits per heavy atom. The number of anilines is 1. The molecule has 1 saturated heterocycles. The van der Waals surface area contributed by atoms with Crippen LogP contribution in [0.4, 0.5) is 5.95 Å². The maximum Gasteiger partial charge on any atom is 0.226 e. The summed E-state index contributed by atoms with van der Waals surface area (Å²) in [6, 6.07) is 2.57. The molecule has 4 heteroatoms. The van der Waals surface area contributed by atoms with Crippen molar-refractivity contribution < 1.29 is 0 Å². The molecular formula is C13H22N4. The molecule has 1 fully saturated rings. The highest BCUT2D eigenvalue weighted by Crippen LogP contribution is 2.21. The molecule has 0 saturated carbocycles. The number of likely N-dealkylation sites (N-methyl/N-ethyl adjacent to an activating group) is 1. The Kier molecular flexibility index (Phi) is 3.94.